The van der Waals surface area contributed by atoms with Crippen LogP contribution in [0.1, 0.15) is 20.3 Å². The molecule has 0 aromatic carbocycles. The van der Waals surface area contributed by atoms with E-state index in [0.29, 0.717) is 5.92 Å². The minimum Gasteiger partial charge on any atom is -0.508 e. The lowest BCUT2D eigenvalue weighted by Crippen LogP contribution is -2.11. The lowest BCUT2D eigenvalue weighted by Gasteiger charge is -2.09. The first kappa shape index (κ1) is 9.59. The summed E-state index contributed by atoms with van der Waals surface area (Å²) in [5, 5.41) is 18.2. The van der Waals surface area contributed by atoms with Crippen molar-refractivity contribution in [1.82, 2.24) is 0 Å². The molecule has 1 aliphatic heterocycles. The van der Waals surface area contributed by atoms with Crippen LogP contribution in [0.2, 0.25) is 0 Å². The van der Waals surface area contributed by atoms with E-state index in [4.69, 9.17) is 11.0 Å². The minimum atomic E-state index is -0.311. The van der Waals surface area contributed by atoms with Crippen molar-refractivity contribution < 1.29 is 5.11 Å². The summed E-state index contributed by atoms with van der Waals surface area (Å²) in [7, 11) is 0. The van der Waals surface area contributed by atoms with Crippen LogP contribution in [0.3, 0.4) is 0 Å². The van der Waals surface area contributed by atoms with Crippen LogP contribution in [0, 0.1) is 17.2 Å². The monoisotopic (exact) mass is 179 g/mol. The van der Waals surface area contributed by atoms with Crippen LogP contribution in [0.4, 0.5) is 0 Å². The van der Waals surface area contributed by atoms with Gasteiger partial charge in [0.1, 0.15) is 29.3 Å². The molecule has 1 heterocycles. The quantitative estimate of drug-likeness (QED) is 0.666. The van der Waals surface area contributed by atoms with E-state index in [2.05, 4.69) is 4.99 Å². The van der Waals surface area contributed by atoms with E-state index in [1.54, 1.807) is 0 Å². The number of nitrogens with two attached hydrogens (primary N) is 1. The smallest absolute Gasteiger partial charge is 0.140 e. The number of nitrogens with zero attached hydrogens (tertiary/aromatic N) is 2. The Morgan fingerprint density at radius 2 is 2.31 bits per heavy atom. The van der Waals surface area contributed by atoms with E-state index in [1.807, 2.05) is 19.9 Å². The topological polar surface area (TPSA) is 82.4 Å². The maximum Gasteiger partial charge on any atom is 0.140 e. The molecular formula is C9H13N3O. The van der Waals surface area contributed by atoms with Crippen LogP contribution in [0.5, 0.6) is 0 Å². The number of aliphatic hydroxyl groups excluding tert-OH is 1. The van der Waals surface area contributed by atoms with E-state index >= 15 is 0 Å². The SMILES string of the molecule is CC(C)C[C@H]1N=C(N)C(C#N)=C1O. The van der Waals surface area contributed by atoms with Gasteiger partial charge in [-0.25, -0.2) is 0 Å². The van der Waals surface area contributed by atoms with E-state index in [1.165, 1.54) is 0 Å². The fraction of sp³-hybridized carbons (Fsp3) is 0.556. The molecule has 0 saturated carbocycles. The van der Waals surface area contributed by atoms with Gasteiger partial charge in [0.15, 0.2) is 0 Å². The highest BCUT2D eigenvalue weighted by molar-refractivity contribution is 6.03. The maximum absolute atomic E-state index is 9.53. The Hall–Kier alpha value is -1.50. The van der Waals surface area contributed by atoms with Crippen LogP contribution in [0.15, 0.2) is 16.3 Å². The predicted octanol–water partition coefficient (Wildman–Crippen LogP) is 1.11. The summed E-state index contributed by atoms with van der Waals surface area (Å²) in [6.45, 7) is 4.06. The second-order valence-corrected chi connectivity index (χ2v) is 3.53. The van der Waals surface area contributed by atoms with E-state index in [-0.39, 0.29) is 23.2 Å². The summed E-state index contributed by atoms with van der Waals surface area (Å²) < 4.78 is 0. The molecule has 13 heavy (non-hydrogen) atoms. The lowest BCUT2D eigenvalue weighted by atomic mass is 10.0. The Balaban J connectivity index is 2.85. The van der Waals surface area contributed by atoms with Gasteiger partial charge in [0.25, 0.3) is 0 Å². The van der Waals surface area contributed by atoms with Gasteiger partial charge in [-0.1, -0.05) is 13.8 Å². The molecule has 70 valence electrons. The van der Waals surface area contributed by atoms with Gasteiger partial charge >= 0.3 is 0 Å². The molecule has 4 nitrogen and oxygen atoms in total. The average Bonchev–Trinajstić information content (AvgIpc) is 2.26. The van der Waals surface area contributed by atoms with Crippen LogP contribution in [-0.4, -0.2) is 17.0 Å². The molecule has 0 radical (unpaired) electrons. The van der Waals surface area contributed by atoms with Crippen molar-refractivity contribution in [1.29, 1.82) is 5.26 Å². The number of nitriles is 1. The van der Waals surface area contributed by atoms with Gasteiger partial charge < -0.3 is 10.8 Å². The lowest BCUT2D eigenvalue weighted by molar-refractivity contribution is 0.349. The average molecular weight is 179 g/mol. The minimum absolute atomic E-state index is 0.0219. The van der Waals surface area contributed by atoms with Crippen molar-refractivity contribution in [2.45, 2.75) is 26.3 Å². The van der Waals surface area contributed by atoms with Crippen molar-refractivity contribution in [2.75, 3.05) is 0 Å². The van der Waals surface area contributed by atoms with Crippen molar-refractivity contribution >= 4 is 5.84 Å². The van der Waals surface area contributed by atoms with E-state index in [9.17, 15) is 5.11 Å². The fourth-order valence-corrected chi connectivity index (χ4v) is 1.32. The zero-order valence-corrected chi connectivity index (χ0v) is 7.78. The summed E-state index contributed by atoms with van der Waals surface area (Å²) in [4.78, 5) is 4.01. The number of amidine groups is 1. The van der Waals surface area contributed by atoms with Gasteiger partial charge in [0, 0.05) is 0 Å². The van der Waals surface area contributed by atoms with Gasteiger partial charge in [-0.05, 0) is 12.3 Å². The largest absolute Gasteiger partial charge is 0.508 e. The molecule has 1 rings (SSSR count). The molecule has 4 heteroatoms. The van der Waals surface area contributed by atoms with Crippen LogP contribution < -0.4 is 5.73 Å². The highest BCUT2D eigenvalue weighted by Crippen LogP contribution is 2.22. The Labute approximate surface area is 77.4 Å². The molecule has 0 aliphatic carbocycles. The number of hydrogen-bond donors (Lipinski definition) is 2. The number of rotatable bonds is 2. The fourth-order valence-electron chi connectivity index (χ4n) is 1.32. The van der Waals surface area contributed by atoms with Crippen molar-refractivity contribution in [3.8, 4) is 6.07 Å². The van der Waals surface area contributed by atoms with Crippen LogP contribution in [-0.2, 0) is 0 Å². The molecular weight excluding hydrogens is 166 g/mol. The molecule has 1 atom stereocenters. The Bertz CT molecular complexity index is 309. The second-order valence-electron chi connectivity index (χ2n) is 3.53. The van der Waals surface area contributed by atoms with Gasteiger partial charge in [-0.15, -0.1) is 0 Å². The molecule has 3 N–H and O–H groups in total. The number of aliphatic imine (C=N–C) groups is 1. The van der Waals surface area contributed by atoms with Crippen molar-refractivity contribution in [2.24, 2.45) is 16.6 Å². The molecule has 0 unspecified atom stereocenters. The number of aliphatic hydroxyl groups is 1. The predicted molar refractivity (Wildman–Crippen MR) is 50.1 cm³/mol. The van der Waals surface area contributed by atoms with E-state index < -0.39 is 0 Å². The van der Waals surface area contributed by atoms with Crippen LogP contribution >= 0.6 is 0 Å². The van der Waals surface area contributed by atoms with Gasteiger partial charge in [0.2, 0.25) is 0 Å². The van der Waals surface area contributed by atoms with Gasteiger partial charge in [-0.2, -0.15) is 5.26 Å². The van der Waals surface area contributed by atoms with Gasteiger partial charge in [0.05, 0.1) is 0 Å². The molecule has 0 amide bonds. The molecule has 0 aromatic rings. The second kappa shape index (κ2) is 3.48. The standard InChI is InChI=1S/C9H13N3O/c1-5(2)3-7-8(13)6(4-10)9(11)12-7/h5,7,13H,3H2,1-2H3,(H2,11,12)/t7-/m1/s1. The highest BCUT2D eigenvalue weighted by Gasteiger charge is 2.26. The molecule has 0 aromatic heterocycles. The molecule has 0 bridgehead atoms. The Morgan fingerprint density at radius 3 is 2.69 bits per heavy atom. The molecule has 0 saturated heterocycles. The summed E-state index contributed by atoms with van der Waals surface area (Å²) >= 11 is 0. The third kappa shape index (κ3) is 1.81. The number of hydrogen-bond acceptors (Lipinski definition) is 4. The third-order valence-corrected chi connectivity index (χ3v) is 1.93. The first-order valence-electron chi connectivity index (χ1n) is 4.23. The highest BCUT2D eigenvalue weighted by atomic mass is 16.3. The zero-order chi connectivity index (χ0) is 10.0. The Kier molecular flexibility index (Phi) is 2.57. The first-order chi connectivity index (χ1) is 6.06. The molecule has 0 spiro atoms. The van der Waals surface area contributed by atoms with Crippen LogP contribution in [0.25, 0.3) is 0 Å². The molecule has 1 aliphatic rings. The van der Waals surface area contributed by atoms with Gasteiger partial charge in [-0.3, -0.25) is 4.99 Å². The summed E-state index contributed by atoms with van der Waals surface area (Å²) in [6, 6.07) is 1.53. The Morgan fingerprint density at radius 1 is 1.69 bits per heavy atom. The van der Waals surface area contributed by atoms with E-state index in [0.717, 1.165) is 6.42 Å². The maximum atomic E-state index is 9.53. The zero-order valence-electron chi connectivity index (χ0n) is 7.78. The summed E-state index contributed by atoms with van der Waals surface area (Å²) in [5.74, 6) is 0.598. The third-order valence-electron chi connectivity index (χ3n) is 1.93. The molecule has 0 fully saturated rings. The first-order valence-corrected chi connectivity index (χ1v) is 4.23. The van der Waals surface area contributed by atoms with Crippen molar-refractivity contribution in [3.63, 3.8) is 0 Å². The summed E-state index contributed by atoms with van der Waals surface area (Å²) in [6.07, 6.45) is 0.720. The summed E-state index contributed by atoms with van der Waals surface area (Å²) in [5.41, 5.74) is 5.59. The van der Waals surface area contributed by atoms with Crippen molar-refractivity contribution in [3.05, 3.63) is 11.3 Å². The normalized spacial score (nSPS) is 22.0.